The van der Waals surface area contributed by atoms with Gasteiger partial charge in [0.1, 0.15) is 5.69 Å². The second kappa shape index (κ2) is 5.89. The summed E-state index contributed by atoms with van der Waals surface area (Å²) in [5.74, 6) is -0.0215. The predicted molar refractivity (Wildman–Crippen MR) is 73.5 cm³/mol. The largest absolute Gasteiger partial charge is 0.395 e. The Balaban J connectivity index is 3.16. The summed E-state index contributed by atoms with van der Waals surface area (Å²) in [6.45, 7) is 11.2. The van der Waals surface area contributed by atoms with E-state index in [0.717, 1.165) is 12.1 Å². The highest BCUT2D eigenvalue weighted by Crippen LogP contribution is 2.20. The molecule has 5 nitrogen and oxygen atoms in total. The molecule has 0 aliphatic rings. The maximum Gasteiger partial charge on any atom is 0.274 e. The van der Waals surface area contributed by atoms with Crippen molar-refractivity contribution in [3.8, 4) is 0 Å². The lowest BCUT2D eigenvalue weighted by molar-refractivity contribution is 0.0688. The third kappa shape index (κ3) is 2.49. The number of rotatable bonds is 5. The Morgan fingerprint density at radius 2 is 2.06 bits per heavy atom. The zero-order valence-electron chi connectivity index (χ0n) is 12.0. The zero-order valence-corrected chi connectivity index (χ0v) is 12.0. The van der Waals surface area contributed by atoms with Crippen LogP contribution in [0, 0.1) is 6.92 Å². The maximum atomic E-state index is 12.6. The maximum absolute atomic E-state index is 12.6. The van der Waals surface area contributed by atoms with Crippen LogP contribution in [-0.2, 0) is 6.54 Å². The molecule has 0 aliphatic heterocycles. The van der Waals surface area contributed by atoms with E-state index in [-0.39, 0.29) is 11.9 Å². The Hall–Kier alpha value is -1.52. The smallest absolute Gasteiger partial charge is 0.274 e. The third-order valence-electron chi connectivity index (χ3n) is 3.40. The van der Waals surface area contributed by atoms with Crippen molar-refractivity contribution < 1.29 is 4.79 Å². The third-order valence-corrected chi connectivity index (χ3v) is 3.40. The number of hydrogen-bond donors (Lipinski definition) is 1. The Kier molecular flexibility index (Phi) is 4.76. The lowest BCUT2D eigenvalue weighted by Gasteiger charge is -2.27. The minimum atomic E-state index is -0.0215. The van der Waals surface area contributed by atoms with Crippen molar-refractivity contribution in [1.82, 2.24) is 14.7 Å². The first-order valence-corrected chi connectivity index (χ1v) is 6.61. The lowest BCUT2D eigenvalue weighted by atomic mass is 10.2. The topological polar surface area (TPSA) is 64.2 Å². The van der Waals surface area contributed by atoms with E-state index in [4.69, 9.17) is 5.73 Å². The first kappa shape index (κ1) is 14.5. The van der Waals surface area contributed by atoms with Crippen LogP contribution in [0.4, 0.5) is 5.69 Å². The summed E-state index contributed by atoms with van der Waals surface area (Å²) in [6, 6.07) is 0.211. The van der Waals surface area contributed by atoms with Gasteiger partial charge in [0.15, 0.2) is 0 Å². The molecule has 0 bridgehead atoms. The SMILES string of the molecule is CCC(C)N(CC)C(=O)c1c(N)c(C)nn1CC. The number of aryl methyl sites for hydroxylation is 2. The first-order valence-electron chi connectivity index (χ1n) is 6.61. The number of anilines is 1. The fourth-order valence-electron chi connectivity index (χ4n) is 2.06. The molecule has 18 heavy (non-hydrogen) atoms. The zero-order chi connectivity index (χ0) is 13.9. The lowest BCUT2D eigenvalue weighted by Crippen LogP contribution is -2.39. The van der Waals surface area contributed by atoms with Crippen LogP contribution < -0.4 is 5.73 Å². The van der Waals surface area contributed by atoms with Crippen LogP contribution in [0.25, 0.3) is 0 Å². The predicted octanol–water partition coefficient (Wildman–Crippen LogP) is 2.05. The molecule has 0 fully saturated rings. The molecule has 1 aromatic rings. The molecular weight excluding hydrogens is 228 g/mol. The van der Waals surface area contributed by atoms with Gasteiger partial charge in [-0.2, -0.15) is 5.10 Å². The summed E-state index contributed by atoms with van der Waals surface area (Å²) in [5, 5.41) is 4.30. The molecule has 1 heterocycles. The Morgan fingerprint density at radius 3 is 2.50 bits per heavy atom. The van der Waals surface area contributed by atoms with Crippen molar-refractivity contribution in [2.75, 3.05) is 12.3 Å². The van der Waals surface area contributed by atoms with Gasteiger partial charge in [-0.15, -0.1) is 0 Å². The van der Waals surface area contributed by atoms with Crippen molar-refractivity contribution in [3.63, 3.8) is 0 Å². The summed E-state index contributed by atoms with van der Waals surface area (Å²) in [4.78, 5) is 14.4. The molecule has 1 unspecified atom stereocenters. The highest BCUT2D eigenvalue weighted by Gasteiger charge is 2.25. The van der Waals surface area contributed by atoms with Gasteiger partial charge < -0.3 is 10.6 Å². The molecule has 1 aromatic heterocycles. The van der Waals surface area contributed by atoms with Gasteiger partial charge in [-0.25, -0.2) is 0 Å². The molecule has 0 aliphatic carbocycles. The van der Waals surface area contributed by atoms with E-state index in [1.165, 1.54) is 0 Å². The molecule has 0 radical (unpaired) electrons. The molecule has 0 aromatic carbocycles. The van der Waals surface area contributed by atoms with E-state index in [0.29, 0.717) is 24.5 Å². The van der Waals surface area contributed by atoms with Gasteiger partial charge in [0.25, 0.3) is 5.91 Å². The van der Waals surface area contributed by atoms with Gasteiger partial charge in [0, 0.05) is 19.1 Å². The molecule has 2 N–H and O–H groups in total. The summed E-state index contributed by atoms with van der Waals surface area (Å²) in [5.41, 5.74) is 7.73. The minimum absolute atomic E-state index is 0.0215. The fraction of sp³-hybridized carbons (Fsp3) is 0.692. The number of amides is 1. The number of aromatic nitrogens is 2. The highest BCUT2D eigenvalue weighted by atomic mass is 16.2. The Labute approximate surface area is 109 Å². The molecule has 1 atom stereocenters. The van der Waals surface area contributed by atoms with Crippen LogP contribution in [0.2, 0.25) is 0 Å². The molecule has 1 rings (SSSR count). The molecule has 0 saturated carbocycles. The molecule has 0 spiro atoms. The summed E-state index contributed by atoms with van der Waals surface area (Å²) >= 11 is 0. The number of nitrogens with zero attached hydrogens (tertiary/aromatic N) is 3. The van der Waals surface area contributed by atoms with Gasteiger partial charge in [0.2, 0.25) is 0 Å². The molecule has 102 valence electrons. The molecule has 0 saturated heterocycles. The summed E-state index contributed by atoms with van der Waals surface area (Å²) in [6.07, 6.45) is 0.929. The number of nitrogens with two attached hydrogens (primary N) is 1. The summed E-state index contributed by atoms with van der Waals surface area (Å²) in [7, 11) is 0. The first-order chi connectivity index (χ1) is 8.47. The van der Waals surface area contributed by atoms with Crippen LogP contribution >= 0.6 is 0 Å². The second-order valence-electron chi connectivity index (χ2n) is 4.51. The average molecular weight is 252 g/mol. The van der Waals surface area contributed by atoms with Crippen LogP contribution in [-0.4, -0.2) is 33.2 Å². The van der Waals surface area contributed by atoms with Gasteiger partial charge in [-0.1, -0.05) is 6.92 Å². The van der Waals surface area contributed by atoms with Crippen molar-refractivity contribution in [3.05, 3.63) is 11.4 Å². The van der Waals surface area contributed by atoms with Gasteiger partial charge >= 0.3 is 0 Å². The quantitative estimate of drug-likeness (QED) is 0.872. The van der Waals surface area contributed by atoms with E-state index in [9.17, 15) is 4.79 Å². The van der Waals surface area contributed by atoms with Crippen molar-refractivity contribution in [2.24, 2.45) is 0 Å². The number of nitrogen functional groups attached to an aromatic ring is 1. The Bertz CT molecular complexity index is 425. The van der Waals surface area contributed by atoms with E-state index in [1.807, 2.05) is 25.7 Å². The van der Waals surface area contributed by atoms with Crippen molar-refractivity contribution in [2.45, 2.75) is 53.6 Å². The number of carbonyl (C=O) groups excluding carboxylic acids is 1. The molecular formula is C13H24N4O. The molecule has 1 amide bonds. The number of carbonyl (C=O) groups is 1. The summed E-state index contributed by atoms with van der Waals surface area (Å²) < 4.78 is 1.69. The molecule has 5 heteroatoms. The minimum Gasteiger partial charge on any atom is -0.395 e. The van der Waals surface area contributed by atoms with E-state index in [1.54, 1.807) is 4.68 Å². The normalized spacial score (nSPS) is 12.5. The Morgan fingerprint density at radius 1 is 1.44 bits per heavy atom. The van der Waals surface area contributed by atoms with Crippen LogP contribution in [0.15, 0.2) is 0 Å². The highest BCUT2D eigenvalue weighted by molar-refractivity contribution is 5.98. The fourth-order valence-corrected chi connectivity index (χ4v) is 2.06. The van der Waals surface area contributed by atoms with Crippen LogP contribution in [0.3, 0.4) is 0 Å². The van der Waals surface area contributed by atoms with E-state index >= 15 is 0 Å². The van der Waals surface area contributed by atoms with Crippen molar-refractivity contribution >= 4 is 11.6 Å². The van der Waals surface area contributed by atoms with Gasteiger partial charge in [0.05, 0.1) is 11.4 Å². The average Bonchev–Trinajstić information content (AvgIpc) is 2.65. The second-order valence-corrected chi connectivity index (χ2v) is 4.51. The van der Waals surface area contributed by atoms with Gasteiger partial charge in [-0.3, -0.25) is 9.48 Å². The number of hydrogen-bond acceptors (Lipinski definition) is 3. The van der Waals surface area contributed by atoms with Crippen LogP contribution in [0.5, 0.6) is 0 Å². The van der Waals surface area contributed by atoms with Crippen molar-refractivity contribution in [1.29, 1.82) is 0 Å². The monoisotopic (exact) mass is 252 g/mol. The van der Waals surface area contributed by atoms with E-state index < -0.39 is 0 Å². The van der Waals surface area contributed by atoms with Crippen LogP contribution in [0.1, 0.15) is 50.3 Å². The van der Waals surface area contributed by atoms with Gasteiger partial charge in [-0.05, 0) is 34.1 Å². The van der Waals surface area contributed by atoms with E-state index in [2.05, 4.69) is 18.9 Å². The standard InChI is InChI=1S/C13H24N4O/c1-6-9(4)16(7-2)13(18)12-11(14)10(5)15-17(12)8-3/h9H,6-8,14H2,1-5H3.